The van der Waals surface area contributed by atoms with Crippen LogP contribution in [0.1, 0.15) is 64.2 Å². The van der Waals surface area contributed by atoms with Crippen LogP contribution >= 0.6 is 0 Å². The van der Waals surface area contributed by atoms with Crippen molar-refractivity contribution >= 4 is 5.91 Å². The van der Waals surface area contributed by atoms with Gasteiger partial charge in [-0.2, -0.15) is 0 Å². The highest BCUT2D eigenvalue weighted by atomic mass is 16.2. The van der Waals surface area contributed by atoms with Crippen LogP contribution in [0.3, 0.4) is 0 Å². The third kappa shape index (κ3) is 4.21. The van der Waals surface area contributed by atoms with Crippen molar-refractivity contribution in [2.24, 2.45) is 11.8 Å². The van der Waals surface area contributed by atoms with E-state index in [1.807, 2.05) is 0 Å². The average molecular weight is 278 g/mol. The average Bonchev–Trinajstić information content (AvgIpc) is 3.13. The van der Waals surface area contributed by atoms with Crippen LogP contribution in [0.25, 0.3) is 0 Å². The third-order valence-electron chi connectivity index (χ3n) is 5.32. The number of hydrogen-bond acceptors (Lipinski definition) is 2. The molecule has 0 aromatic rings. The van der Waals surface area contributed by atoms with Crippen molar-refractivity contribution < 1.29 is 4.79 Å². The van der Waals surface area contributed by atoms with Crippen LogP contribution in [0.4, 0.5) is 0 Å². The van der Waals surface area contributed by atoms with Crippen molar-refractivity contribution in [2.45, 2.75) is 70.3 Å². The smallest absolute Gasteiger partial charge is 0.222 e. The summed E-state index contributed by atoms with van der Waals surface area (Å²) in [7, 11) is 0. The SMILES string of the molecule is O=C(CC1CCCCC1)N(CC1CC1)CC1CCCN1. The molecule has 0 bridgehead atoms. The van der Waals surface area contributed by atoms with E-state index in [1.165, 1.54) is 57.8 Å². The first-order valence-corrected chi connectivity index (χ1v) is 8.82. The maximum Gasteiger partial charge on any atom is 0.222 e. The largest absolute Gasteiger partial charge is 0.341 e. The molecule has 114 valence electrons. The van der Waals surface area contributed by atoms with Crippen LogP contribution in [-0.2, 0) is 4.79 Å². The van der Waals surface area contributed by atoms with E-state index in [2.05, 4.69) is 10.2 Å². The van der Waals surface area contributed by atoms with Crippen molar-refractivity contribution in [3.05, 3.63) is 0 Å². The van der Waals surface area contributed by atoms with E-state index in [9.17, 15) is 4.79 Å². The van der Waals surface area contributed by atoms with E-state index in [-0.39, 0.29) is 0 Å². The molecule has 1 atom stereocenters. The Morgan fingerprint density at radius 3 is 2.35 bits per heavy atom. The van der Waals surface area contributed by atoms with Gasteiger partial charge in [-0.1, -0.05) is 19.3 Å². The van der Waals surface area contributed by atoms with Crippen molar-refractivity contribution in [3.8, 4) is 0 Å². The highest BCUT2D eigenvalue weighted by molar-refractivity contribution is 5.76. The van der Waals surface area contributed by atoms with Gasteiger partial charge in [0.1, 0.15) is 0 Å². The van der Waals surface area contributed by atoms with Gasteiger partial charge in [-0.25, -0.2) is 0 Å². The second-order valence-corrected chi connectivity index (χ2v) is 7.24. The Morgan fingerprint density at radius 1 is 0.900 bits per heavy atom. The molecule has 1 heterocycles. The monoisotopic (exact) mass is 278 g/mol. The molecule has 3 heteroatoms. The lowest BCUT2D eigenvalue weighted by Gasteiger charge is -2.29. The summed E-state index contributed by atoms with van der Waals surface area (Å²) in [5.74, 6) is 1.93. The van der Waals surface area contributed by atoms with Gasteiger partial charge < -0.3 is 10.2 Å². The first kappa shape index (κ1) is 14.4. The molecule has 1 unspecified atom stereocenters. The molecule has 2 aliphatic carbocycles. The number of carbonyl (C=O) groups excluding carboxylic acids is 1. The van der Waals surface area contributed by atoms with E-state index in [0.717, 1.165) is 32.0 Å². The number of nitrogens with zero attached hydrogens (tertiary/aromatic N) is 1. The van der Waals surface area contributed by atoms with E-state index >= 15 is 0 Å². The fraction of sp³-hybridized carbons (Fsp3) is 0.941. The minimum absolute atomic E-state index is 0.442. The molecular formula is C17H30N2O. The Hall–Kier alpha value is -0.570. The molecule has 0 radical (unpaired) electrons. The molecule has 3 fully saturated rings. The molecule has 20 heavy (non-hydrogen) atoms. The van der Waals surface area contributed by atoms with E-state index in [0.29, 0.717) is 17.9 Å². The van der Waals surface area contributed by atoms with Crippen LogP contribution < -0.4 is 5.32 Å². The van der Waals surface area contributed by atoms with E-state index < -0.39 is 0 Å². The number of hydrogen-bond donors (Lipinski definition) is 1. The van der Waals surface area contributed by atoms with Crippen molar-refractivity contribution in [2.75, 3.05) is 19.6 Å². The summed E-state index contributed by atoms with van der Waals surface area (Å²) in [6, 6.07) is 0.559. The van der Waals surface area contributed by atoms with Crippen molar-refractivity contribution in [1.82, 2.24) is 10.2 Å². The lowest BCUT2D eigenvalue weighted by Crippen LogP contribution is -2.42. The Balaban J connectivity index is 1.50. The maximum absolute atomic E-state index is 12.7. The van der Waals surface area contributed by atoms with Gasteiger partial charge in [-0.05, 0) is 56.9 Å². The Bertz CT molecular complexity index is 315. The Morgan fingerprint density at radius 2 is 1.70 bits per heavy atom. The Labute approximate surface area is 123 Å². The second kappa shape index (κ2) is 6.93. The zero-order chi connectivity index (χ0) is 13.8. The van der Waals surface area contributed by atoms with Gasteiger partial charge in [0, 0.05) is 25.6 Å². The predicted molar refractivity (Wildman–Crippen MR) is 81.5 cm³/mol. The summed E-state index contributed by atoms with van der Waals surface area (Å²) < 4.78 is 0. The topological polar surface area (TPSA) is 32.3 Å². The van der Waals surface area contributed by atoms with E-state index in [4.69, 9.17) is 0 Å². The quantitative estimate of drug-likeness (QED) is 0.810. The van der Waals surface area contributed by atoms with Gasteiger partial charge in [-0.3, -0.25) is 4.79 Å². The molecule has 3 nitrogen and oxygen atoms in total. The first-order valence-electron chi connectivity index (χ1n) is 8.82. The molecule has 1 N–H and O–H groups in total. The summed E-state index contributed by atoms with van der Waals surface area (Å²) in [5, 5.41) is 3.55. The van der Waals surface area contributed by atoms with Crippen LogP contribution in [0, 0.1) is 11.8 Å². The summed E-state index contributed by atoms with van der Waals surface area (Å²) in [4.78, 5) is 14.9. The van der Waals surface area contributed by atoms with Crippen LogP contribution in [0.15, 0.2) is 0 Å². The fourth-order valence-electron chi connectivity index (χ4n) is 3.84. The van der Waals surface area contributed by atoms with Gasteiger partial charge >= 0.3 is 0 Å². The summed E-state index contributed by atoms with van der Waals surface area (Å²) in [5.41, 5.74) is 0. The molecular weight excluding hydrogens is 248 g/mol. The van der Waals surface area contributed by atoms with Gasteiger partial charge in [0.25, 0.3) is 0 Å². The predicted octanol–water partition coefficient (Wildman–Crippen LogP) is 2.95. The van der Waals surface area contributed by atoms with Crippen molar-refractivity contribution in [3.63, 3.8) is 0 Å². The molecule has 3 rings (SSSR count). The molecule has 0 aromatic carbocycles. The lowest BCUT2D eigenvalue weighted by molar-refractivity contribution is -0.133. The molecule has 1 amide bonds. The number of amides is 1. The van der Waals surface area contributed by atoms with Gasteiger partial charge in [0.15, 0.2) is 0 Å². The minimum atomic E-state index is 0.442. The molecule has 0 aromatic heterocycles. The normalized spacial score (nSPS) is 27.7. The third-order valence-corrected chi connectivity index (χ3v) is 5.32. The van der Waals surface area contributed by atoms with Gasteiger partial charge in [0.2, 0.25) is 5.91 Å². The van der Waals surface area contributed by atoms with Gasteiger partial charge in [0.05, 0.1) is 0 Å². The molecule has 0 spiro atoms. The first-order chi connectivity index (χ1) is 9.81. The second-order valence-electron chi connectivity index (χ2n) is 7.24. The molecule has 2 saturated carbocycles. The Kier molecular flexibility index (Phi) is 4.98. The van der Waals surface area contributed by atoms with Gasteiger partial charge in [-0.15, -0.1) is 0 Å². The van der Waals surface area contributed by atoms with Crippen LogP contribution in [0.2, 0.25) is 0 Å². The van der Waals surface area contributed by atoms with Crippen molar-refractivity contribution in [1.29, 1.82) is 0 Å². The summed E-state index contributed by atoms with van der Waals surface area (Å²) in [6.07, 6.45) is 12.6. The number of rotatable bonds is 6. The molecule has 3 aliphatic rings. The highest BCUT2D eigenvalue weighted by Gasteiger charge is 2.30. The van der Waals surface area contributed by atoms with Crippen LogP contribution in [-0.4, -0.2) is 36.5 Å². The standard InChI is InChI=1S/C17H30N2O/c20-17(11-14-5-2-1-3-6-14)19(12-15-8-9-15)13-16-7-4-10-18-16/h14-16,18H,1-13H2. The summed E-state index contributed by atoms with van der Waals surface area (Å²) >= 11 is 0. The minimum Gasteiger partial charge on any atom is -0.341 e. The maximum atomic E-state index is 12.7. The summed E-state index contributed by atoms with van der Waals surface area (Å²) in [6.45, 7) is 3.13. The number of nitrogens with one attached hydrogen (secondary N) is 1. The zero-order valence-electron chi connectivity index (χ0n) is 12.8. The molecule has 1 aliphatic heterocycles. The highest BCUT2D eigenvalue weighted by Crippen LogP contribution is 2.31. The molecule has 1 saturated heterocycles. The number of carbonyl (C=O) groups is 1. The fourth-order valence-corrected chi connectivity index (χ4v) is 3.84. The van der Waals surface area contributed by atoms with Crippen LogP contribution in [0.5, 0.6) is 0 Å². The zero-order valence-corrected chi connectivity index (χ0v) is 12.8. The van der Waals surface area contributed by atoms with E-state index in [1.54, 1.807) is 0 Å². The lowest BCUT2D eigenvalue weighted by atomic mass is 9.86.